The number of ketones is 1. The second kappa shape index (κ2) is 8.55. The van der Waals surface area contributed by atoms with E-state index in [1.807, 2.05) is 24.8 Å². The van der Waals surface area contributed by atoms with Crippen molar-refractivity contribution in [3.63, 3.8) is 0 Å². The number of nitrogens with zero attached hydrogens (tertiary/aromatic N) is 4. The summed E-state index contributed by atoms with van der Waals surface area (Å²) in [6.07, 6.45) is -2.85. The molecule has 2 aliphatic rings. The van der Waals surface area contributed by atoms with Crippen LogP contribution in [0.5, 0.6) is 0 Å². The monoisotopic (exact) mass is 414 g/mol. The molecule has 1 aliphatic heterocycles. The van der Waals surface area contributed by atoms with Gasteiger partial charge in [-0.15, -0.1) is 0 Å². The third-order valence-corrected chi connectivity index (χ3v) is 6.09. The summed E-state index contributed by atoms with van der Waals surface area (Å²) in [6, 6.07) is 1.87. The molecule has 1 aliphatic carbocycles. The van der Waals surface area contributed by atoms with E-state index in [1.165, 1.54) is 6.92 Å². The van der Waals surface area contributed by atoms with Gasteiger partial charge < -0.3 is 0 Å². The topological polar surface area (TPSA) is 58.6 Å². The maximum absolute atomic E-state index is 13.7. The molecular weight excluding hydrogens is 385 g/mol. The van der Waals surface area contributed by atoms with Gasteiger partial charge in [-0.25, -0.2) is 15.0 Å². The third kappa shape index (κ3) is 4.88. The molecule has 9 heteroatoms. The quantitative estimate of drug-likeness (QED) is 0.752. The van der Waals surface area contributed by atoms with E-state index in [4.69, 9.17) is 4.84 Å². The zero-order valence-electron chi connectivity index (χ0n) is 17.3. The first kappa shape index (κ1) is 22.0. The fourth-order valence-corrected chi connectivity index (χ4v) is 4.34. The molecule has 0 spiro atoms. The Morgan fingerprint density at radius 2 is 1.90 bits per heavy atom. The van der Waals surface area contributed by atoms with E-state index in [0.717, 1.165) is 11.4 Å². The fraction of sp³-hybridized carbons (Fsp3) is 0.750. The highest BCUT2D eigenvalue weighted by molar-refractivity contribution is 5.84. The minimum atomic E-state index is -4.37. The lowest BCUT2D eigenvalue weighted by Gasteiger charge is -2.42. The number of hydroxylamine groups is 1. The van der Waals surface area contributed by atoms with Gasteiger partial charge in [0, 0.05) is 30.4 Å². The second-order valence-electron chi connectivity index (χ2n) is 8.34. The number of carbonyl (C=O) groups excluding carboxylic acids is 1. The largest absolute Gasteiger partial charge is 0.394 e. The SMILES string of the molecule is Cc1cc(C)nc(N2CCN(CC(=O)C3CCCCC3(C)C(F)(F)F)CCO2)n1. The van der Waals surface area contributed by atoms with Crippen molar-refractivity contribution in [1.82, 2.24) is 14.9 Å². The maximum atomic E-state index is 13.7. The molecule has 0 aromatic carbocycles. The van der Waals surface area contributed by atoms with E-state index < -0.39 is 17.5 Å². The number of hydrogen-bond donors (Lipinski definition) is 0. The number of Topliss-reactive ketones (excluding diaryl/α,β-unsaturated/α-hetero) is 1. The van der Waals surface area contributed by atoms with Gasteiger partial charge in [0.2, 0.25) is 5.95 Å². The summed E-state index contributed by atoms with van der Waals surface area (Å²) < 4.78 is 41.0. The molecule has 1 aromatic rings. The Morgan fingerprint density at radius 1 is 1.21 bits per heavy atom. The zero-order valence-corrected chi connectivity index (χ0v) is 17.3. The zero-order chi connectivity index (χ0) is 21.2. The molecule has 2 heterocycles. The number of halogens is 3. The molecule has 162 valence electrons. The van der Waals surface area contributed by atoms with Gasteiger partial charge in [0.15, 0.2) is 5.78 Å². The predicted octanol–water partition coefficient (Wildman–Crippen LogP) is 3.47. The molecule has 0 N–H and O–H groups in total. The summed E-state index contributed by atoms with van der Waals surface area (Å²) in [5.41, 5.74) is -0.267. The Bertz CT molecular complexity index is 723. The number of alkyl halides is 3. The number of aromatic nitrogens is 2. The molecule has 2 unspecified atom stereocenters. The van der Waals surface area contributed by atoms with Gasteiger partial charge in [0.1, 0.15) is 0 Å². The number of aryl methyl sites for hydroxylation is 2. The predicted molar refractivity (Wildman–Crippen MR) is 102 cm³/mol. The van der Waals surface area contributed by atoms with Crippen LogP contribution in [0.3, 0.4) is 0 Å². The summed E-state index contributed by atoms with van der Waals surface area (Å²) >= 11 is 0. The van der Waals surface area contributed by atoms with Crippen LogP contribution in [-0.2, 0) is 9.63 Å². The molecule has 1 saturated carbocycles. The first-order valence-corrected chi connectivity index (χ1v) is 10.1. The Kier molecular flexibility index (Phi) is 6.48. The molecular formula is C20H29F3N4O2. The molecule has 0 radical (unpaired) electrons. The average molecular weight is 414 g/mol. The van der Waals surface area contributed by atoms with Gasteiger partial charge in [0.05, 0.1) is 25.1 Å². The minimum absolute atomic E-state index is 0.0151. The van der Waals surface area contributed by atoms with Gasteiger partial charge in [-0.2, -0.15) is 13.2 Å². The minimum Gasteiger partial charge on any atom is -0.298 e. The lowest BCUT2D eigenvalue weighted by molar-refractivity contribution is -0.243. The van der Waals surface area contributed by atoms with Crippen molar-refractivity contribution in [2.24, 2.45) is 11.3 Å². The van der Waals surface area contributed by atoms with Crippen LogP contribution >= 0.6 is 0 Å². The number of anilines is 1. The molecule has 29 heavy (non-hydrogen) atoms. The van der Waals surface area contributed by atoms with Crippen LogP contribution in [0.1, 0.15) is 44.0 Å². The van der Waals surface area contributed by atoms with Crippen LogP contribution < -0.4 is 5.06 Å². The first-order valence-electron chi connectivity index (χ1n) is 10.1. The standard InChI is InChI=1S/C20H29F3N4O2/c1-14-12-15(2)25-18(24-14)27-9-8-26(10-11-29-27)13-17(28)16-6-4-5-7-19(16,3)20(21,22)23/h12,16H,4-11,13H2,1-3H3. The van der Waals surface area contributed by atoms with E-state index in [9.17, 15) is 18.0 Å². The van der Waals surface area contributed by atoms with E-state index in [2.05, 4.69) is 9.97 Å². The molecule has 0 amide bonds. The van der Waals surface area contributed by atoms with Gasteiger partial charge in [-0.3, -0.25) is 14.5 Å². The van der Waals surface area contributed by atoms with E-state index in [1.54, 1.807) is 5.06 Å². The number of rotatable bonds is 4. The van der Waals surface area contributed by atoms with Gasteiger partial charge in [-0.05, 0) is 32.8 Å². The van der Waals surface area contributed by atoms with Crippen molar-refractivity contribution in [2.75, 3.05) is 37.8 Å². The van der Waals surface area contributed by atoms with Crippen molar-refractivity contribution in [3.05, 3.63) is 17.5 Å². The maximum Gasteiger partial charge on any atom is 0.394 e. The molecule has 0 bridgehead atoms. The highest BCUT2D eigenvalue weighted by Gasteiger charge is 2.58. The molecule has 1 saturated heterocycles. The van der Waals surface area contributed by atoms with Crippen molar-refractivity contribution in [3.8, 4) is 0 Å². The van der Waals surface area contributed by atoms with E-state index in [-0.39, 0.29) is 18.7 Å². The Hall–Kier alpha value is -1.74. The third-order valence-electron chi connectivity index (χ3n) is 6.09. The van der Waals surface area contributed by atoms with E-state index >= 15 is 0 Å². The average Bonchev–Trinajstić information content (AvgIpc) is 2.86. The van der Waals surface area contributed by atoms with Crippen LogP contribution in [0.4, 0.5) is 19.1 Å². The number of hydrogen-bond acceptors (Lipinski definition) is 6. The lowest BCUT2D eigenvalue weighted by atomic mass is 9.65. The highest BCUT2D eigenvalue weighted by Crippen LogP contribution is 2.52. The van der Waals surface area contributed by atoms with Crippen molar-refractivity contribution >= 4 is 11.7 Å². The van der Waals surface area contributed by atoms with Gasteiger partial charge in [0.25, 0.3) is 0 Å². The van der Waals surface area contributed by atoms with Crippen LogP contribution in [0.2, 0.25) is 0 Å². The smallest absolute Gasteiger partial charge is 0.298 e. The highest BCUT2D eigenvalue weighted by atomic mass is 19.4. The fourth-order valence-electron chi connectivity index (χ4n) is 4.34. The molecule has 1 aromatic heterocycles. The van der Waals surface area contributed by atoms with Crippen LogP contribution in [0.25, 0.3) is 0 Å². The Morgan fingerprint density at radius 3 is 2.55 bits per heavy atom. The summed E-state index contributed by atoms with van der Waals surface area (Å²) in [4.78, 5) is 29.2. The van der Waals surface area contributed by atoms with Crippen molar-refractivity contribution in [1.29, 1.82) is 0 Å². The van der Waals surface area contributed by atoms with Crippen molar-refractivity contribution < 1.29 is 22.8 Å². The first-order chi connectivity index (χ1) is 13.6. The van der Waals surface area contributed by atoms with E-state index in [0.29, 0.717) is 51.5 Å². The van der Waals surface area contributed by atoms with Gasteiger partial charge >= 0.3 is 6.18 Å². The summed E-state index contributed by atoms with van der Waals surface area (Å²) in [5.74, 6) is -0.826. The second-order valence-corrected chi connectivity index (χ2v) is 8.34. The van der Waals surface area contributed by atoms with Crippen LogP contribution in [-0.4, -0.2) is 59.6 Å². The summed E-state index contributed by atoms with van der Waals surface area (Å²) in [5, 5.41) is 1.60. The molecule has 3 rings (SSSR count). The summed E-state index contributed by atoms with van der Waals surface area (Å²) in [6.45, 7) is 6.72. The normalized spacial score (nSPS) is 27.0. The van der Waals surface area contributed by atoms with Crippen LogP contribution in [0.15, 0.2) is 6.07 Å². The Balaban J connectivity index is 1.64. The lowest BCUT2D eigenvalue weighted by Crippen LogP contribution is -2.49. The van der Waals surface area contributed by atoms with Crippen molar-refractivity contribution in [2.45, 2.75) is 52.6 Å². The van der Waals surface area contributed by atoms with Gasteiger partial charge in [-0.1, -0.05) is 19.8 Å². The molecule has 2 fully saturated rings. The molecule has 6 nitrogen and oxygen atoms in total. The number of carbonyl (C=O) groups is 1. The summed E-state index contributed by atoms with van der Waals surface area (Å²) in [7, 11) is 0. The van der Waals surface area contributed by atoms with Crippen LogP contribution in [0, 0.1) is 25.2 Å². The Labute approximate surface area is 169 Å². The molecule has 2 atom stereocenters.